The van der Waals surface area contributed by atoms with Crippen LogP contribution in [0.25, 0.3) is 0 Å². The summed E-state index contributed by atoms with van der Waals surface area (Å²) in [5, 5.41) is 17.0. The summed E-state index contributed by atoms with van der Waals surface area (Å²) in [6, 6.07) is 10.1. The molecule has 1 atom stereocenters. The van der Waals surface area contributed by atoms with Crippen LogP contribution in [0.5, 0.6) is 0 Å². The summed E-state index contributed by atoms with van der Waals surface area (Å²) in [6.07, 6.45) is 5.55. The minimum Gasteiger partial charge on any atom is -0.355 e. The van der Waals surface area contributed by atoms with E-state index in [0.717, 1.165) is 37.6 Å². The van der Waals surface area contributed by atoms with Crippen molar-refractivity contribution in [2.24, 2.45) is 0 Å². The van der Waals surface area contributed by atoms with Crippen LogP contribution in [0, 0.1) is 11.3 Å². The van der Waals surface area contributed by atoms with Crippen molar-refractivity contribution < 1.29 is 0 Å². The number of aromatic nitrogens is 3. The molecule has 6 heteroatoms. The van der Waals surface area contributed by atoms with Crippen LogP contribution >= 0.6 is 0 Å². The van der Waals surface area contributed by atoms with Crippen molar-refractivity contribution in [1.82, 2.24) is 15.2 Å². The molecular weight excluding hydrogens is 276 g/mol. The summed E-state index contributed by atoms with van der Waals surface area (Å²) in [5.41, 5.74) is 0.585. The van der Waals surface area contributed by atoms with E-state index in [2.05, 4.69) is 38.1 Å². The Hall–Kier alpha value is -2.68. The van der Waals surface area contributed by atoms with Crippen molar-refractivity contribution in [1.29, 1.82) is 5.26 Å². The van der Waals surface area contributed by atoms with Crippen molar-refractivity contribution in [3.05, 3.63) is 42.2 Å². The summed E-state index contributed by atoms with van der Waals surface area (Å²) in [5.74, 6) is 1.82. The van der Waals surface area contributed by atoms with Gasteiger partial charge < -0.3 is 9.80 Å². The zero-order chi connectivity index (χ0) is 15.4. The van der Waals surface area contributed by atoms with Crippen molar-refractivity contribution in [3.63, 3.8) is 0 Å². The Morgan fingerprint density at radius 2 is 2.27 bits per heavy atom. The molecule has 0 aliphatic carbocycles. The lowest BCUT2D eigenvalue weighted by Gasteiger charge is -2.38. The third kappa shape index (κ3) is 2.98. The number of anilines is 2. The molecule has 0 radical (unpaired) electrons. The molecule has 3 rings (SSSR count). The van der Waals surface area contributed by atoms with E-state index in [4.69, 9.17) is 5.26 Å². The average molecular weight is 294 g/mol. The molecule has 0 spiro atoms. The largest absolute Gasteiger partial charge is 0.355 e. The topological polar surface area (TPSA) is 68.9 Å². The molecule has 112 valence electrons. The van der Waals surface area contributed by atoms with Gasteiger partial charge in [-0.2, -0.15) is 10.4 Å². The second-order valence-electron chi connectivity index (χ2n) is 5.45. The maximum atomic E-state index is 8.85. The fraction of sp³-hybridized carbons (Fsp3) is 0.375. The summed E-state index contributed by atoms with van der Waals surface area (Å²) >= 11 is 0. The Kier molecular flexibility index (Phi) is 4.15. The van der Waals surface area contributed by atoms with E-state index >= 15 is 0 Å². The van der Waals surface area contributed by atoms with Gasteiger partial charge in [0, 0.05) is 38.6 Å². The third-order valence-corrected chi connectivity index (χ3v) is 4.06. The lowest BCUT2D eigenvalue weighted by molar-refractivity contribution is 0.482. The van der Waals surface area contributed by atoms with Crippen LogP contribution in [-0.4, -0.2) is 41.4 Å². The standard InChI is InChI=1S/C16H18N6/c1-21(15-7-6-13(10-17)11-18-15)14-4-3-9-22(12-14)16-5-2-8-19-20-16/h2,5-8,11,14H,3-4,9,12H2,1H3/t14-/m0/s1. The third-order valence-electron chi connectivity index (χ3n) is 4.06. The van der Waals surface area contributed by atoms with Gasteiger partial charge in [0.2, 0.25) is 0 Å². The first-order chi connectivity index (χ1) is 10.8. The molecule has 1 aliphatic heterocycles. The van der Waals surface area contributed by atoms with Crippen molar-refractivity contribution in [2.45, 2.75) is 18.9 Å². The highest BCUT2D eigenvalue weighted by molar-refractivity contribution is 5.44. The molecule has 0 unspecified atom stereocenters. The van der Waals surface area contributed by atoms with Crippen LogP contribution in [0.1, 0.15) is 18.4 Å². The zero-order valence-corrected chi connectivity index (χ0v) is 12.6. The quantitative estimate of drug-likeness (QED) is 0.860. The number of rotatable bonds is 3. The first-order valence-corrected chi connectivity index (χ1v) is 7.39. The first kappa shape index (κ1) is 14.3. The maximum Gasteiger partial charge on any atom is 0.151 e. The molecule has 2 aromatic heterocycles. The highest BCUT2D eigenvalue weighted by atomic mass is 15.3. The van der Waals surface area contributed by atoms with Gasteiger partial charge in [0.1, 0.15) is 11.9 Å². The first-order valence-electron chi connectivity index (χ1n) is 7.39. The summed E-state index contributed by atoms with van der Waals surface area (Å²) in [4.78, 5) is 8.83. The Bertz CT molecular complexity index is 649. The molecule has 0 N–H and O–H groups in total. The van der Waals surface area contributed by atoms with Gasteiger partial charge in [0.15, 0.2) is 5.82 Å². The number of piperidine rings is 1. The summed E-state index contributed by atoms with van der Waals surface area (Å²) in [6.45, 7) is 1.90. The van der Waals surface area contributed by atoms with Gasteiger partial charge in [-0.05, 0) is 37.1 Å². The molecule has 0 bridgehead atoms. The van der Waals surface area contributed by atoms with E-state index in [0.29, 0.717) is 11.6 Å². The van der Waals surface area contributed by atoms with E-state index in [1.54, 1.807) is 12.4 Å². The van der Waals surface area contributed by atoms with Gasteiger partial charge in [-0.1, -0.05) is 0 Å². The molecule has 6 nitrogen and oxygen atoms in total. The van der Waals surface area contributed by atoms with Crippen molar-refractivity contribution in [2.75, 3.05) is 29.9 Å². The predicted octanol–water partition coefficient (Wildman–Crippen LogP) is 1.85. The second kappa shape index (κ2) is 6.39. The highest BCUT2D eigenvalue weighted by Crippen LogP contribution is 2.22. The Labute approximate surface area is 130 Å². The number of hydrogen-bond donors (Lipinski definition) is 0. The van der Waals surface area contributed by atoms with Crippen LogP contribution in [0.2, 0.25) is 0 Å². The Morgan fingerprint density at radius 3 is 2.95 bits per heavy atom. The Morgan fingerprint density at radius 1 is 1.36 bits per heavy atom. The molecular formula is C16H18N6. The summed E-state index contributed by atoms with van der Waals surface area (Å²) in [7, 11) is 2.05. The molecule has 0 saturated carbocycles. The number of nitriles is 1. The van der Waals surface area contributed by atoms with Crippen molar-refractivity contribution in [3.8, 4) is 6.07 Å². The SMILES string of the molecule is CN(c1ccc(C#N)cn1)[C@H]1CCCN(c2cccnn2)C1. The van der Waals surface area contributed by atoms with Gasteiger partial charge in [-0.25, -0.2) is 4.98 Å². The number of likely N-dealkylation sites (N-methyl/N-ethyl adjacent to an activating group) is 1. The van der Waals surface area contributed by atoms with Crippen molar-refractivity contribution >= 4 is 11.6 Å². The van der Waals surface area contributed by atoms with Gasteiger partial charge in [0.25, 0.3) is 0 Å². The van der Waals surface area contributed by atoms with E-state index in [-0.39, 0.29) is 0 Å². The van der Waals surface area contributed by atoms with Crippen LogP contribution in [0.4, 0.5) is 11.6 Å². The molecule has 1 fully saturated rings. The molecule has 3 heterocycles. The van der Waals surface area contributed by atoms with Crippen LogP contribution in [0.3, 0.4) is 0 Å². The number of hydrogen-bond acceptors (Lipinski definition) is 6. The fourth-order valence-corrected chi connectivity index (χ4v) is 2.79. The van der Waals surface area contributed by atoms with E-state index in [1.807, 2.05) is 24.3 Å². The number of pyridine rings is 1. The molecule has 1 saturated heterocycles. The second-order valence-corrected chi connectivity index (χ2v) is 5.45. The lowest BCUT2D eigenvalue weighted by atomic mass is 10.0. The van der Waals surface area contributed by atoms with Gasteiger partial charge in [-0.15, -0.1) is 5.10 Å². The molecule has 2 aromatic rings. The number of nitrogens with zero attached hydrogens (tertiary/aromatic N) is 6. The van der Waals surface area contributed by atoms with E-state index in [1.165, 1.54) is 0 Å². The molecule has 0 aromatic carbocycles. The monoisotopic (exact) mass is 294 g/mol. The summed E-state index contributed by atoms with van der Waals surface area (Å²) < 4.78 is 0. The van der Waals surface area contributed by atoms with Crippen LogP contribution < -0.4 is 9.80 Å². The predicted molar refractivity (Wildman–Crippen MR) is 84.6 cm³/mol. The van der Waals surface area contributed by atoms with E-state index < -0.39 is 0 Å². The normalized spacial score (nSPS) is 17.8. The van der Waals surface area contributed by atoms with E-state index in [9.17, 15) is 0 Å². The smallest absolute Gasteiger partial charge is 0.151 e. The van der Waals surface area contributed by atoms with Gasteiger partial charge >= 0.3 is 0 Å². The van der Waals surface area contributed by atoms with Gasteiger partial charge in [0.05, 0.1) is 5.56 Å². The molecule has 1 aliphatic rings. The average Bonchev–Trinajstić information content (AvgIpc) is 2.62. The van der Waals surface area contributed by atoms with Crippen LogP contribution in [-0.2, 0) is 0 Å². The van der Waals surface area contributed by atoms with Crippen LogP contribution in [0.15, 0.2) is 36.7 Å². The minimum absolute atomic E-state index is 0.371. The van der Waals surface area contributed by atoms with Gasteiger partial charge in [-0.3, -0.25) is 0 Å². The molecule has 0 amide bonds. The molecule has 22 heavy (non-hydrogen) atoms. The lowest BCUT2D eigenvalue weighted by Crippen LogP contribution is -2.47. The highest BCUT2D eigenvalue weighted by Gasteiger charge is 2.24. The Balaban J connectivity index is 1.72. The maximum absolute atomic E-state index is 8.85. The zero-order valence-electron chi connectivity index (χ0n) is 12.6. The minimum atomic E-state index is 0.371. The fourth-order valence-electron chi connectivity index (χ4n) is 2.79.